The molecule has 0 saturated carbocycles. The van der Waals surface area contributed by atoms with E-state index in [2.05, 4.69) is 0 Å². The predicted octanol–water partition coefficient (Wildman–Crippen LogP) is 4.57. The zero-order chi connectivity index (χ0) is 19.7. The minimum absolute atomic E-state index is 0.124. The monoisotopic (exact) mass is 374 g/mol. The Labute approximate surface area is 164 Å². The van der Waals surface area contributed by atoms with Crippen molar-refractivity contribution in [1.29, 1.82) is 0 Å². The van der Waals surface area contributed by atoms with Crippen LogP contribution in [0.4, 0.5) is 0 Å². The number of aliphatic carboxylic acids is 1. The van der Waals surface area contributed by atoms with Gasteiger partial charge >= 0.3 is 5.97 Å². The number of methoxy groups -OCH3 is 1. The molecule has 0 spiro atoms. The number of phenols is 1. The van der Waals surface area contributed by atoms with Gasteiger partial charge in [-0.3, -0.25) is 4.79 Å². The van der Waals surface area contributed by atoms with Crippen LogP contribution >= 0.6 is 0 Å². The summed E-state index contributed by atoms with van der Waals surface area (Å²) in [5, 5.41) is 19.8. The molecule has 0 aliphatic heterocycles. The van der Waals surface area contributed by atoms with Crippen molar-refractivity contribution in [1.82, 2.24) is 0 Å². The van der Waals surface area contributed by atoms with Gasteiger partial charge < -0.3 is 14.9 Å². The van der Waals surface area contributed by atoms with Crippen LogP contribution in [-0.4, -0.2) is 23.3 Å². The van der Waals surface area contributed by atoms with Gasteiger partial charge in [-0.2, -0.15) is 0 Å². The predicted molar refractivity (Wildman–Crippen MR) is 107 cm³/mol. The number of aromatic hydroxyl groups is 1. The van der Waals surface area contributed by atoms with Gasteiger partial charge in [0.25, 0.3) is 0 Å². The van der Waals surface area contributed by atoms with Crippen molar-refractivity contribution in [3.8, 4) is 11.5 Å². The van der Waals surface area contributed by atoms with E-state index in [0.29, 0.717) is 6.42 Å². The fraction of sp³-hybridized carbons (Fsp3) is 0.208. The molecule has 0 bridgehead atoms. The van der Waals surface area contributed by atoms with E-state index in [1.165, 1.54) is 0 Å². The smallest absolute Gasteiger partial charge is 0.308 e. The van der Waals surface area contributed by atoms with Gasteiger partial charge in [-0.15, -0.1) is 0 Å². The minimum Gasteiger partial charge on any atom is -0.508 e. The quantitative estimate of drug-likeness (QED) is 0.686. The van der Waals surface area contributed by atoms with Crippen LogP contribution in [0.3, 0.4) is 0 Å². The number of rotatable bonds is 5. The van der Waals surface area contributed by atoms with Crippen LogP contribution in [0, 0.1) is 5.92 Å². The fourth-order valence-electron chi connectivity index (χ4n) is 4.39. The molecule has 1 aliphatic carbocycles. The normalized spacial score (nSPS) is 20.5. The summed E-state index contributed by atoms with van der Waals surface area (Å²) in [6.07, 6.45) is 0.645. The number of ether oxygens (including phenoxy) is 1. The number of benzene rings is 3. The van der Waals surface area contributed by atoms with E-state index in [9.17, 15) is 15.0 Å². The Morgan fingerprint density at radius 3 is 2.18 bits per heavy atom. The van der Waals surface area contributed by atoms with E-state index in [0.717, 1.165) is 28.0 Å². The number of hydrogen-bond acceptors (Lipinski definition) is 3. The Morgan fingerprint density at radius 2 is 1.57 bits per heavy atom. The molecule has 3 aromatic rings. The second-order valence-corrected chi connectivity index (χ2v) is 7.22. The lowest BCUT2D eigenvalue weighted by atomic mass is 9.80. The van der Waals surface area contributed by atoms with Gasteiger partial charge in [0, 0.05) is 11.8 Å². The highest BCUT2D eigenvalue weighted by atomic mass is 16.5. The van der Waals surface area contributed by atoms with Crippen molar-refractivity contribution in [3.63, 3.8) is 0 Å². The Morgan fingerprint density at radius 1 is 0.929 bits per heavy atom. The maximum absolute atomic E-state index is 12.4. The molecule has 2 N–H and O–H groups in total. The van der Waals surface area contributed by atoms with E-state index < -0.39 is 11.9 Å². The van der Waals surface area contributed by atoms with Crippen molar-refractivity contribution in [2.24, 2.45) is 5.92 Å². The molecule has 142 valence electrons. The van der Waals surface area contributed by atoms with Gasteiger partial charge in [-0.1, -0.05) is 48.5 Å². The summed E-state index contributed by atoms with van der Waals surface area (Å²) >= 11 is 0. The molecule has 4 heteroatoms. The van der Waals surface area contributed by atoms with Gasteiger partial charge in [0.2, 0.25) is 0 Å². The van der Waals surface area contributed by atoms with Crippen LogP contribution in [0.5, 0.6) is 11.5 Å². The molecule has 3 unspecified atom stereocenters. The van der Waals surface area contributed by atoms with Crippen LogP contribution in [0.1, 0.15) is 34.1 Å². The number of fused-ring (bicyclic) bond motifs is 1. The van der Waals surface area contributed by atoms with Gasteiger partial charge in [-0.25, -0.2) is 0 Å². The number of hydrogen-bond donors (Lipinski definition) is 2. The molecule has 0 heterocycles. The molecule has 0 amide bonds. The Hall–Kier alpha value is -3.27. The maximum atomic E-state index is 12.4. The van der Waals surface area contributed by atoms with Crippen LogP contribution in [0.15, 0.2) is 72.8 Å². The van der Waals surface area contributed by atoms with Gasteiger partial charge in [0.1, 0.15) is 11.5 Å². The molecule has 1 aliphatic rings. The van der Waals surface area contributed by atoms with Crippen LogP contribution in [0.25, 0.3) is 0 Å². The zero-order valence-electron chi connectivity index (χ0n) is 15.6. The Kier molecular flexibility index (Phi) is 4.78. The first-order valence-electron chi connectivity index (χ1n) is 9.32. The Bertz CT molecular complexity index is 976. The summed E-state index contributed by atoms with van der Waals surface area (Å²) in [6.45, 7) is 0. The zero-order valence-corrected chi connectivity index (χ0v) is 15.6. The Balaban J connectivity index is 1.76. The van der Waals surface area contributed by atoms with Crippen molar-refractivity contribution in [2.45, 2.75) is 18.3 Å². The third kappa shape index (κ3) is 3.22. The first-order chi connectivity index (χ1) is 13.6. The SMILES string of the molecule is COc1ccc(CC2c3ccccc3C(c3ccc(O)cc3)C2C(=O)O)cc1. The van der Waals surface area contributed by atoms with E-state index in [-0.39, 0.29) is 17.6 Å². The first-order valence-corrected chi connectivity index (χ1v) is 9.32. The lowest BCUT2D eigenvalue weighted by molar-refractivity contribution is -0.142. The molecular formula is C24H22O4. The highest BCUT2D eigenvalue weighted by Crippen LogP contribution is 2.51. The van der Waals surface area contributed by atoms with Gasteiger partial charge in [0.05, 0.1) is 13.0 Å². The van der Waals surface area contributed by atoms with E-state index in [1.54, 1.807) is 19.2 Å². The highest BCUT2D eigenvalue weighted by Gasteiger charge is 2.45. The molecule has 28 heavy (non-hydrogen) atoms. The van der Waals surface area contributed by atoms with E-state index in [4.69, 9.17) is 4.74 Å². The topological polar surface area (TPSA) is 66.8 Å². The standard InChI is InChI=1S/C24H22O4/c1-28-18-12-6-15(7-13-18)14-21-19-4-2-3-5-20(19)22(23(21)24(26)27)16-8-10-17(25)11-9-16/h2-13,21-23,25H,14H2,1H3,(H,26,27). The second-order valence-electron chi connectivity index (χ2n) is 7.22. The van der Waals surface area contributed by atoms with Crippen LogP contribution < -0.4 is 4.74 Å². The van der Waals surface area contributed by atoms with Gasteiger partial charge in [-0.05, 0) is 52.9 Å². The van der Waals surface area contributed by atoms with Crippen molar-refractivity contribution < 1.29 is 19.7 Å². The summed E-state index contributed by atoms with van der Waals surface area (Å²) in [5.74, 6) is -0.765. The average Bonchev–Trinajstić information content (AvgIpc) is 3.04. The largest absolute Gasteiger partial charge is 0.508 e. The molecule has 4 rings (SSSR count). The molecule has 0 saturated heterocycles. The summed E-state index contributed by atoms with van der Waals surface area (Å²) in [7, 11) is 1.63. The third-order valence-corrected chi connectivity index (χ3v) is 5.68. The highest BCUT2D eigenvalue weighted by molar-refractivity contribution is 5.76. The number of carboxylic acid groups (broad SMARTS) is 1. The lowest BCUT2D eigenvalue weighted by Gasteiger charge is -2.22. The second kappa shape index (κ2) is 7.39. The number of carbonyl (C=O) groups is 1. The van der Waals surface area contributed by atoms with Crippen molar-refractivity contribution in [2.75, 3.05) is 7.11 Å². The fourth-order valence-corrected chi connectivity index (χ4v) is 4.39. The lowest BCUT2D eigenvalue weighted by Crippen LogP contribution is -2.24. The summed E-state index contributed by atoms with van der Waals surface area (Å²) in [5.41, 5.74) is 4.14. The molecule has 3 atom stereocenters. The number of phenolic OH excluding ortho intramolecular Hbond substituents is 1. The third-order valence-electron chi connectivity index (χ3n) is 5.68. The average molecular weight is 374 g/mol. The van der Waals surface area contributed by atoms with Gasteiger partial charge in [0.15, 0.2) is 0 Å². The molecule has 0 radical (unpaired) electrons. The maximum Gasteiger partial charge on any atom is 0.308 e. The van der Waals surface area contributed by atoms with Crippen LogP contribution in [-0.2, 0) is 11.2 Å². The van der Waals surface area contributed by atoms with Crippen molar-refractivity contribution >= 4 is 5.97 Å². The van der Waals surface area contributed by atoms with Crippen LogP contribution in [0.2, 0.25) is 0 Å². The molecule has 3 aromatic carbocycles. The summed E-state index contributed by atoms with van der Waals surface area (Å²) < 4.78 is 5.22. The summed E-state index contributed by atoms with van der Waals surface area (Å²) in [6, 6.07) is 22.7. The molecule has 4 nitrogen and oxygen atoms in total. The summed E-state index contributed by atoms with van der Waals surface area (Å²) in [4.78, 5) is 12.4. The van der Waals surface area contributed by atoms with E-state index in [1.807, 2.05) is 60.7 Å². The molecule has 0 aromatic heterocycles. The minimum atomic E-state index is -0.798. The first kappa shape index (κ1) is 18.1. The molecular weight excluding hydrogens is 352 g/mol. The molecule has 0 fully saturated rings. The number of carboxylic acids is 1. The van der Waals surface area contributed by atoms with E-state index >= 15 is 0 Å². The van der Waals surface area contributed by atoms with Crippen molar-refractivity contribution in [3.05, 3.63) is 95.1 Å².